The Hall–Kier alpha value is -2.49. The van der Waals surface area contributed by atoms with Gasteiger partial charge in [-0.05, 0) is 12.1 Å². The van der Waals surface area contributed by atoms with Crippen LogP contribution in [0.2, 0.25) is 0 Å². The van der Waals surface area contributed by atoms with Gasteiger partial charge in [-0.1, -0.05) is 31.4 Å². The van der Waals surface area contributed by atoms with E-state index in [0.717, 1.165) is 16.7 Å². The molecular formula is C14H14N2O2. The minimum absolute atomic E-state index is 0.172. The van der Waals surface area contributed by atoms with Gasteiger partial charge in [0.15, 0.2) is 0 Å². The van der Waals surface area contributed by atoms with Crippen molar-refractivity contribution in [1.82, 2.24) is 5.32 Å². The highest BCUT2D eigenvalue weighted by Gasteiger charge is 2.07. The highest BCUT2D eigenvalue weighted by Crippen LogP contribution is 2.18. The summed E-state index contributed by atoms with van der Waals surface area (Å²) in [7, 11) is 0. The van der Waals surface area contributed by atoms with Crippen LogP contribution in [0.4, 0.5) is 0 Å². The average Bonchev–Trinajstić information content (AvgIpc) is 2.77. The molecule has 0 aliphatic rings. The van der Waals surface area contributed by atoms with Crippen molar-refractivity contribution in [2.45, 2.75) is 6.54 Å². The molecule has 1 heterocycles. The number of carbonyl (C=O) groups excluding carboxylic acids is 1. The number of carbonyl (C=O) groups is 1. The van der Waals surface area contributed by atoms with Crippen molar-refractivity contribution in [3.63, 3.8) is 0 Å². The fraction of sp³-hybridized carbons (Fsp3) is 0.0714. The van der Waals surface area contributed by atoms with Gasteiger partial charge in [0.25, 0.3) is 0 Å². The molecular weight excluding hydrogens is 228 g/mol. The van der Waals surface area contributed by atoms with Crippen LogP contribution in [0.5, 0.6) is 0 Å². The van der Waals surface area contributed by atoms with Crippen molar-refractivity contribution >= 4 is 16.9 Å². The van der Waals surface area contributed by atoms with Gasteiger partial charge >= 0.3 is 0 Å². The van der Waals surface area contributed by atoms with E-state index in [0.29, 0.717) is 12.2 Å². The Morgan fingerprint density at radius 2 is 2.06 bits per heavy atom. The zero-order valence-electron chi connectivity index (χ0n) is 9.90. The van der Waals surface area contributed by atoms with Gasteiger partial charge < -0.3 is 15.5 Å². The summed E-state index contributed by atoms with van der Waals surface area (Å²) in [6.07, 6.45) is 0. The molecule has 1 aromatic heterocycles. The van der Waals surface area contributed by atoms with Crippen LogP contribution < -0.4 is 11.1 Å². The molecule has 1 aromatic carbocycles. The van der Waals surface area contributed by atoms with E-state index in [1.807, 2.05) is 30.3 Å². The zero-order valence-corrected chi connectivity index (χ0v) is 9.90. The Kier molecular flexibility index (Phi) is 3.19. The highest BCUT2D eigenvalue weighted by atomic mass is 16.3. The van der Waals surface area contributed by atoms with E-state index < -0.39 is 5.91 Å². The molecule has 92 valence electrons. The number of nitrogens with two attached hydrogens (primary N) is 1. The minimum Gasteiger partial charge on any atom is -0.459 e. The number of primary amides is 1. The number of para-hydroxylation sites is 1. The third-order valence-corrected chi connectivity index (χ3v) is 2.61. The van der Waals surface area contributed by atoms with Crippen molar-refractivity contribution in [1.29, 1.82) is 0 Å². The Balaban J connectivity index is 2.04. The first-order valence-corrected chi connectivity index (χ1v) is 5.47. The number of fused-ring (bicyclic) bond motifs is 1. The number of hydrogen-bond acceptors (Lipinski definition) is 3. The third-order valence-electron chi connectivity index (χ3n) is 2.61. The molecule has 0 unspecified atom stereocenters. The molecule has 0 aliphatic heterocycles. The summed E-state index contributed by atoms with van der Waals surface area (Å²) >= 11 is 0. The Labute approximate surface area is 105 Å². The highest BCUT2D eigenvalue weighted by molar-refractivity contribution is 5.95. The lowest BCUT2D eigenvalue weighted by atomic mass is 10.2. The number of hydrogen-bond donors (Lipinski definition) is 2. The molecule has 4 heteroatoms. The van der Waals surface area contributed by atoms with Gasteiger partial charge in [0.2, 0.25) is 5.91 Å². The van der Waals surface area contributed by atoms with Crippen LogP contribution in [-0.2, 0) is 11.3 Å². The van der Waals surface area contributed by atoms with E-state index in [9.17, 15) is 4.79 Å². The minimum atomic E-state index is -0.586. The van der Waals surface area contributed by atoms with Gasteiger partial charge in [0.1, 0.15) is 11.3 Å². The number of nitrogens with one attached hydrogen (secondary N) is 1. The topological polar surface area (TPSA) is 68.3 Å². The predicted octanol–water partition coefficient (Wildman–Crippen LogP) is 2.08. The van der Waals surface area contributed by atoms with Crippen molar-refractivity contribution in [2.24, 2.45) is 5.73 Å². The Morgan fingerprint density at radius 1 is 1.33 bits per heavy atom. The first-order chi connectivity index (χ1) is 8.58. The predicted molar refractivity (Wildman–Crippen MR) is 70.5 cm³/mol. The van der Waals surface area contributed by atoms with Gasteiger partial charge in [-0.25, -0.2) is 0 Å². The Bertz CT molecular complexity index is 593. The van der Waals surface area contributed by atoms with Crippen molar-refractivity contribution in [2.75, 3.05) is 0 Å². The fourth-order valence-electron chi connectivity index (χ4n) is 1.57. The standard InChI is InChI=1S/C14H14N2O2/c1-9(14(15)17)10(2)16-8-12-7-11-5-3-4-6-13(11)18-12/h3-7,16H,1-2,8H2,(H2,15,17). The molecule has 0 aliphatic carbocycles. The monoisotopic (exact) mass is 242 g/mol. The van der Waals surface area contributed by atoms with E-state index in [4.69, 9.17) is 10.2 Å². The molecule has 0 spiro atoms. The van der Waals surface area contributed by atoms with Crippen molar-refractivity contribution in [3.8, 4) is 0 Å². The molecule has 0 saturated carbocycles. The molecule has 3 N–H and O–H groups in total. The van der Waals surface area contributed by atoms with Gasteiger partial charge in [0.05, 0.1) is 12.1 Å². The van der Waals surface area contributed by atoms with E-state index in [1.165, 1.54) is 0 Å². The van der Waals surface area contributed by atoms with Gasteiger partial charge in [-0.3, -0.25) is 4.79 Å². The second-order valence-electron chi connectivity index (χ2n) is 3.93. The maximum Gasteiger partial charge on any atom is 0.250 e. The first-order valence-electron chi connectivity index (χ1n) is 5.47. The average molecular weight is 242 g/mol. The van der Waals surface area contributed by atoms with E-state index in [-0.39, 0.29) is 5.57 Å². The van der Waals surface area contributed by atoms with Crippen LogP contribution in [0.3, 0.4) is 0 Å². The summed E-state index contributed by atoms with van der Waals surface area (Å²) in [4.78, 5) is 10.9. The molecule has 2 aromatic rings. The summed E-state index contributed by atoms with van der Waals surface area (Å²) in [5, 5.41) is 3.99. The van der Waals surface area contributed by atoms with E-state index in [1.54, 1.807) is 0 Å². The molecule has 2 rings (SSSR count). The summed E-state index contributed by atoms with van der Waals surface area (Å²) in [5.41, 5.74) is 6.51. The lowest BCUT2D eigenvalue weighted by molar-refractivity contribution is -0.114. The second-order valence-corrected chi connectivity index (χ2v) is 3.93. The van der Waals surface area contributed by atoms with Crippen LogP contribution in [0.1, 0.15) is 5.76 Å². The third kappa shape index (κ3) is 2.43. The normalized spacial score (nSPS) is 10.2. The smallest absolute Gasteiger partial charge is 0.250 e. The van der Waals surface area contributed by atoms with E-state index >= 15 is 0 Å². The van der Waals surface area contributed by atoms with E-state index in [2.05, 4.69) is 18.5 Å². The first kappa shape index (κ1) is 12.0. The SMILES string of the molecule is C=C(NCc1cc2ccccc2o1)C(=C)C(N)=O. The number of furan rings is 1. The maximum atomic E-state index is 10.9. The van der Waals surface area contributed by atoms with Gasteiger partial charge in [-0.15, -0.1) is 0 Å². The lowest BCUT2D eigenvalue weighted by Gasteiger charge is -2.07. The van der Waals surface area contributed by atoms with Crippen LogP contribution in [-0.4, -0.2) is 5.91 Å². The molecule has 4 nitrogen and oxygen atoms in total. The molecule has 18 heavy (non-hydrogen) atoms. The number of amides is 1. The second kappa shape index (κ2) is 4.79. The van der Waals surface area contributed by atoms with Crippen LogP contribution >= 0.6 is 0 Å². The zero-order chi connectivity index (χ0) is 13.1. The van der Waals surface area contributed by atoms with Gasteiger partial charge in [-0.2, -0.15) is 0 Å². The summed E-state index contributed by atoms with van der Waals surface area (Å²) in [6, 6.07) is 9.66. The molecule has 0 saturated heterocycles. The molecule has 0 fully saturated rings. The summed E-state index contributed by atoms with van der Waals surface area (Å²) in [5.74, 6) is 0.173. The number of benzene rings is 1. The van der Waals surface area contributed by atoms with Crippen molar-refractivity contribution in [3.05, 3.63) is 60.5 Å². The van der Waals surface area contributed by atoms with Crippen LogP contribution in [0.15, 0.2) is 59.2 Å². The van der Waals surface area contributed by atoms with Crippen LogP contribution in [0, 0.1) is 0 Å². The molecule has 0 radical (unpaired) electrons. The molecule has 0 bridgehead atoms. The van der Waals surface area contributed by atoms with Gasteiger partial charge in [0, 0.05) is 11.1 Å². The molecule has 0 atom stereocenters. The Morgan fingerprint density at radius 3 is 2.72 bits per heavy atom. The summed E-state index contributed by atoms with van der Waals surface area (Å²) in [6.45, 7) is 7.66. The fourth-order valence-corrected chi connectivity index (χ4v) is 1.57. The summed E-state index contributed by atoms with van der Waals surface area (Å²) < 4.78 is 5.61. The quantitative estimate of drug-likeness (QED) is 0.623. The van der Waals surface area contributed by atoms with Crippen LogP contribution in [0.25, 0.3) is 11.0 Å². The lowest BCUT2D eigenvalue weighted by Crippen LogP contribution is -2.21. The largest absolute Gasteiger partial charge is 0.459 e. The number of rotatable bonds is 5. The maximum absolute atomic E-state index is 10.9. The van der Waals surface area contributed by atoms with Crippen molar-refractivity contribution < 1.29 is 9.21 Å². The molecule has 1 amide bonds.